The van der Waals surface area contributed by atoms with E-state index in [1.54, 1.807) is 0 Å². The van der Waals surface area contributed by atoms with Gasteiger partial charge in [-0.05, 0) is 38.0 Å². The first kappa shape index (κ1) is 15.2. The summed E-state index contributed by atoms with van der Waals surface area (Å²) in [4.78, 5) is 5.85. The summed E-state index contributed by atoms with van der Waals surface area (Å²) in [7, 11) is 0. The van der Waals surface area contributed by atoms with E-state index in [4.69, 9.17) is 18.0 Å². The topological polar surface area (TPSA) is 32.5 Å². The molecule has 110 valence electrons. The standard InChI is InChI=1S/C15H29N3S/c1-3-14(15(16)19)18-10-8-17(9-11-18)13-6-4-12(2)5-7-13/h12-14H,3-11H2,1-2H3,(H2,16,19). The van der Waals surface area contributed by atoms with Crippen LogP contribution in [0.25, 0.3) is 0 Å². The maximum atomic E-state index is 5.85. The van der Waals surface area contributed by atoms with Gasteiger partial charge in [-0.15, -0.1) is 0 Å². The second-order valence-corrected chi connectivity index (χ2v) is 6.78. The summed E-state index contributed by atoms with van der Waals surface area (Å²) in [5.41, 5.74) is 5.85. The lowest BCUT2D eigenvalue weighted by Gasteiger charge is -2.43. The van der Waals surface area contributed by atoms with Gasteiger partial charge in [-0.3, -0.25) is 9.80 Å². The van der Waals surface area contributed by atoms with Crippen molar-refractivity contribution >= 4 is 17.2 Å². The first-order chi connectivity index (χ1) is 9.11. The van der Waals surface area contributed by atoms with Crippen molar-refractivity contribution < 1.29 is 0 Å². The van der Waals surface area contributed by atoms with Crippen LogP contribution < -0.4 is 5.73 Å². The first-order valence-corrected chi connectivity index (χ1v) is 8.30. The van der Waals surface area contributed by atoms with Crippen molar-refractivity contribution in [3.8, 4) is 0 Å². The van der Waals surface area contributed by atoms with Crippen LogP contribution in [0, 0.1) is 5.92 Å². The van der Waals surface area contributed by atoms with Crippen molar-refractivity contribution in [1.29, 1.82) is 0 Å². The summed E-state index contributed by atoms with van der Waals surface area (Å²) in [6.45, 7) is 9.21. The number of rotatable bonds is 4. The zero-order chi connectivity index (χ0) is 13.8. The Morgan fingerprint density at radius 3 is 2.21 bits per heavy atom. The molecule has 0 bridgehead atoms. The number of hydrogen-bond donors (Lipinski definition) is 1. The van der Waals surface area contributed by atoms with Gasteiger partial charge in [0.15, 0.2) is 0 Å². The van der Waals surface area contributed by atoms with E-state index >= 15 is 0 Å². The van der Waals surface area contributed by atoms with Crippen LogP contribution in [0.15, 0.2) is 0 Å². The minimum Gasteiger partial charge on any atom is -0.392 e. The van der Waals surface area contributed by atoms with Gasteiger partial charge in [-0.1, -0.05) is 26.1 Å². The van der Waals surface area contributed by atoms with E-state index in [1.165, 1.54) is 38.8 Å². The largest absolute Gasteiger partial charge is 0.392 e. The van der Waals surface area contributed by atoms with Crippen LogP contribution in [0.2, 0.25) is 0 Å². The number of piperazine rings is 1. The maximum absolute atomic E-state index is 5.85. The Bertz CT molecular complexity index is 292. The molecule has 1 aliphatic carbocycles. The molecule has 1 saturated carbocycles. The summed E-state index contributed by atoms with van der Waals surface area (Å²) >= 11 is 5.19. The number of nitrogens with two attached hydrogens (primary N) is 1. The van der Waals surface area contributed by atoms with E-state index in [2.05, 4.69) is 23.6 Å². The molecule has 2 N–H and O–H groups in total. The molecule has 0 spiro atoms. The fourth-order valence-corrected chi connectivity index (χ4v) is 3.98. The molecule has 3 nitrogen and oxygen atoms in total. The number of nitrogens with zero attached hydrogens (tertiary/aromatic N) is 2. The quantitative estimate of drug-likeness (QED) is 0.802. The van der Waals surface area contributed by atoms with E-state index in [9.17, 15) is 0 Å². The lowest BCUT2D eigenvalue weighted by atomic mass is 9.86. The average molecular weight is 283 g/mol. The molecule has 1 aliphatic heterocycles. The third-order valence-corrected chi connectivity index (χ3v) is 5.28. The highest BCUT2D eigenvalue weighted by Gasteiger charge is 2.29. The molecule has 1 atom stereocenters. The molecule has 2 rings (SSSR count). The minimum atomic E-state index is 0.309. The molecule has 1 saturated heterocycles. The molecule has 0 radical (unpaired) electrons. The normalized spacial score (nSPS) is 32.1. The first-order valence-electron chi connectivity index (χ1n) is 7.89. The Morgan fingerprint density at radius 1 is 1.16 bits per heavy atom. The van der Waals surface area contributed by atoms with Crippen molar-refractivity contribution in [3.63, 3.8) is 0 Å². The molecule has 1 heterocycles. The van der Waals surface area contributed by atoms with Gasteiger partial charge in [-0.2, -0.15) is 0 Å². The van der Waals surface area contributed by atoms with Gasteiger partial charge < -0.3 is 5.73 Å². The number of hydrogen-bond acceptors (Lipinski definition) is 3. The Morgan fingerprint density at radius 2 is 1.74 bits per heavy atom. The molecule has 0 aromatic heterocycles. The van der Waals surface area contributed by atoms with Gasteiger partial charge in [0.1, 0.15) is 0 Å². The molecule has 19 heavy (non-hydrogen) atoms. The van der Waals surface area contributed by atoms with Gasteiger partial charge in [-0.25, -0.2) is 0 Å². The average Bonchev–Trinajstić information content (AvgIpc) is 2.41. The fraction of sp³-hybridized carbons (Fsp3) is 0.933. The van der Waals surface area contributed by atoms with Crippen LogP contribution in [-0.2, 0) is 0 Å². The lowest BCUT2D eigenvalue weighted by Crippen LogP contribution is -2.55. The van der Waals surface area contributed by atoms with Crippen molar-refractivity contribution in [2.45, 2.75) is 58.0 Å². The molecule has 0 aromatic carbocycles. The van der Waals surface area contributed by atoms with Gasteiger partial charge in [0.25, 0.3) is 0 Å². The van der Waals surface area contributed by atoms with Gasteiger partial charge >= 0.3 is 0 Å². The van der Waals surface area contributed by atoms with Crippen molar-refractivity contribution in [3.05, 3.63) is 0 Å². The van der Waals surface area contributed by atoms with Crippen LogP contribution in [0.3, 0.4) is 0 Å². The molecule has 2 aliphatic rings. The second-order valence-electron chi connectivity index (χ2n) is 6.31. The highest BCUT2D eigenvalue weighted by atomic mass is 32.1. The maximum Gasteiger partial charge on any atom is 0.0901 e. The number of thiocarbonyl (C=S) groups is 1. The summed E-state index contributed by atoms with van der Waals surface area (Å²) < 4.78 is 0. The summed E-state index contributed by atoms with van der Waals surface area (Å²) in [6.07, 6.45) is 6.66. The highest BCUT2D eigenvalue weighted by molar-refractivity contribution is 7.80. The zero-order valence-corrected chi connectivity index (χ0v) is 13.3. The Labute approximate surface area is 123 Å². The van der Waals surface area contributed by atoms with Crippen molar-refractivity contribution in [2.75, 3.05) is 26.2 Å². The Balaban J connectivity index is 1.80. The third-order valence-electron chi connectivity index (χ3n) is 5.01. The van der Waals surface area contributed by atoms with Crippen LogP contribution in [0.1, 0.15) is 46.0 Å². The predicted octanol–water partition coefficient (Wildman–Crippen LogP) is 2.25. The third kappa shape index (κ3) is 3.89. The summed E-state index contributed by atoms with van der Waals surface area (Å²) in [6, 6.07) is 1.15. The van der Waals surface area contributed by atoms with Crippen LogP contribution in [0.5, 0.6) is 0 Å². The molecular formula is C15H29N3S. The van der Waals surface area contributed by atoms with E-state index in [0.29, 0.717) is 11.0 Å². The Hall–Kier alpha value is -0.190. The lowest BCUT2D eigenvalue weighted by molar-refractivity contribution is 0.0634. The molecule has 1 unspecified atom stereocenters. The van der Waals surface area contributed by atoms with Gasteiger partial charge in [0.2, 0.25) is 0 Å². The molecule has 4 heteroatoms. The van der Waals surface area contributed by atoms with Crippen LogP contribution in [0.4, 0.5) is 0 Å². The predicted molar refractivity (Wildman–Crippen MR) is 85.4 cm³/mol. The van der Waals surface area contributed by atoms with Crippen LogP contribution >= 0.6 is 12.2 Å². The van der Waals surface area contributed by atoms with E-state index in [1.807, 2.05) is 0 Å². The SMILES string of the molecule is CCC(C(N)=S)N1CCN(C2CCC(C)CC2)CC1. The van der Waals surface area contributed by atoms with E-state index in [-0.39, 0.29) is 0 Å². The Kier molecular flexibility index (Phi) is 5.60. The van der Waals surface area contributed by atoms with Gasteiger partial charge in [0, 0.05) is 32.2 Å². The minimum absolute atomic E-state index is 0.309. The molecular weight excluding hydrogens is 254 g/mol. The fourth-order valence-electron chi connectivity index (χ4n) is 3.66. The van der Waals surface area contributed by atoms with E-state index < -0.39 is 0 Å². The highest BCUT2D eigenvalue weighted by Crippen LogP contribution is 2.27. The molecule has 0 aromatic rings. The summed E-state index contributed by atoms with van der Waals surface area (Å²) in [5.74, 6) is 0.941. The second kappa shape index (κ2) is 7.00. The van der Waals surface area contributed by atoms with Crippen molar-refractivity contribution in [1.82, 2.24) is 9.80 Å². The van der Waals surface area contributed by atoms with E-state index in [0.717, 1.165) is 31.5 Å². The zero-order valence-electron chi connectivity index (χ0n) is 12.5. The molecule has 0 amide bonds. The molecule has 2 fully saturated rings. The summed E-state index contributed by atoms with van der Waals surface area (Å²) in [5, 5.41) is 0. The smallest absolute Gasteiger partial charge is 0.0901 e. The van der Waals surface area contributed by atoms with Gasteiger partial charge in [0.05, 0.1) is 11.0 Å². The van der Waals surface area contributed by atoms with Crippen molar-refractivity contribution in [2.24, 2.45) is 11.7 Å². The monoisotopic (exact) mass is 283 g/mol. The van der Waals surface area contributed by atoms with Crippen LogP contribution in [-0.4, -0.2) is 53.1 Å².